The van der Waals surface area contributed by atoms with Crippen molar-refractivity contribution < 1.29 is 9.90 Å². The van der Waals surface area contributed by atoms with Crippen molar-refractivity contribution in [1.82, 2.24) is 14.9 Å². The molecule has 1 saturated carbocycles. The molecule has 0 aliphatic heterocycles. The van der Waals surface area contributed by atoms with Gasteiger partial charge in [0, 0.05) is 12.6 Å². The Morgan fingerprint density at radius 3 is 2.83 bits per heavy atom. The summed E-state index contributed by atoms with van der Waals surface area (Å²) in [4.78, 5) is 17.1. The summed E-state index contributed by atoms with van der Waals surface area (Å²) in [7, 11) is 0. The van der Waals surface area contributed by atoms with E-state index in [0.717, 1.165) is 23.9 Å². The number of aliphatic hydroxyl groups is 1. The van der Waals surface area contributed by atoms with E-state index < -0.39 is 0 Å². The van der Waals surface area contributed by atoms with Crippen molar-refractivity contribution in [2.75, 3.05) is 6.61 Å². The van der Waals surface area contributed by atoms with Crippen LogP contribution in [0.5, 0.6) is 0 Å². The largest absolute Gasteiger partial charge is 0.396 e. The molecule has 0 saturated heterocycles. The highest BCUT2D eigenvalue weighted by atomic mass is 16.3. The molecule has 2 N–H and O–H groups in total. The molecule has 0 spiro atoms. The van der Waals surface area contributed by atoms with Crippen LogP contribution in [-0.2, 0) is 4.79 Å². The minimum Gasteiger partial charge on any atom is -0.396 e. The Kier molecular flexibility index (Phi) is 5.51. The van der Waals surface area contributed by atoms with Gasteiger partial charge in [-0.2, -0.15) is 0 Å². The van der Waals surface area contributed by atoms with Crippen molar-refractivity contribution in [3.05, 3.63) is 30.6 Å². The number of benzene rings is 1. The first kappa shape index (κ1) is 17.0. The zero-order valence-electron chi connectivity index (χ0n) is 14.3. The van der Waals surface area contributed by atoms with Crippen LogP contribution in [0.1, 0.15) is 51.5 Å². The van der Waals surface area contributed by atoms with E-state index in [9.17, 15) is 9.90 Å². The molecule has 5 heteroatoms. The first-order chi connectivity index (χ1) is 11.7. The average molecular weight is 329 g/mol. The third-order valence-corrected chi connectivity index (χ3v) is 5.26. The quantitative estimate of drug-likeness (QED) is 0.856. The second-order valence-corrected chi connectivity index (χ2v) is 6.84. The van der Waals surface area contributed by atoms with Crippen LogP contribution in [0.4, 0.5) is 0 Å². The fraction of sp³-hybridized carbons (Fsp3) is 0.579. The number of para-hydroxylation sites is 2. The molecule has 1 fully saturated rings. The van der Waals surface area contributed by atoms with Gasteiger partial charge in [-0.3, -0.25) is 4.79 Å². The topological polar surface area (TPSA) is 67.2 Å². The van der Waals surface area contributed by atoms with Crippen LogP contribution in [0.3, 0.4) is 0 Å². The second kappa shape index (κ2) is 7.79. The molecule has 24 heavy (non-hydrogen) atoms. The Bertz CT molecular complexity index is 676. The molecule has 0 radical (unpaired) electrons. The molecular weight excluding hydrogens is 302 g/mol. The van der Waals surface area contributed by atoms with Crippen LogP contribution in [0, 0.1) is 5.92 Å². The number of nitrogens with one attached hydrogen (secondary N) is 1. The molecule has 2 atom stereocenters. The number of rotatable bonds is 6. The fourth-order valence-corrected chi connectivity index (χ4v) is 3.82. The lowest BCUT2D eigenvalue weighted by Crippen LogP contribution is -2.44. The Morgan fingerprint density at radius 1 is 1.33 bits per heavy atom. The van der Waals surface area contributed by atoms with Gasteiger partial charge in [-0.15, -0.1) is 0 Å². The number of nitrogens with zero attached hydrogens (tertiary/aromatic N) is 2. The highest BCUT2D eigenvalue weighted by Crippen LogP contribution is 2.28. The highest BCUT2D eigenvalue weighted by molar-refractivity contribution is 5.83. The smallest absolute Gasteiger partial charge is 0.243 e. The predicted octanol–water partition coefficient (Wildman–Crippen LogP) is 3.04. The van der Waals surface area contributed by atoms with Gasteiger partial charge in [0.15, 0.2) is 0 Å². The fourth-order valence-electron chi connectivity index (χ4n) is 3.82. The summed E-state index contributed by atoms with van der Waals surface area (Å²) in [5.41, 5.74) is 1.87. The molecule has 5 nitrogen and oxygen atoms in total. The maximum absolute atomic E-state index is 12.8. The van der Waals surface area contributed by atoms with Crippen LogP contribution < -0.4 is 5.32 Å². The van der Waals surface area contributed by atoms with E-state index in [1.165, 1.54) is 19.3 Å². The third-order valence-electron chi connectivity index (χ3n) is 5.26. The number of aromatic nitrogens is 2. The molecule has 0 bridgehead atoms. The molecule has 1 aromatic heterocycles. The zero-order chi connectivity index (χ0) is 16.9. The lowest BCUT2D eigenvalue weighted by atomic mass is 9.82. The number of carbonyl (C=O) groups is 1. The number of carbonyl (C=O) groups excluding carboxylic acids is 1. The van der Waals surface area contributed by atoms with Gasteiger partial charge in [-0.05, 0) is 44.2 Å². The van der Waals surface area contributed by atoms with Gasteiger partial charge in [-0.1, -0.05) is 31.4 Å². The van der Waals surface area contributed by atoms with Gasteiger partial charge in [0.2, 0.25) is 5.91 Å². The maximum Gasteiger partial charge on any atom is 0.243 e. The summed E-state index contributed by atoms with van der Waals surface area (Å²) in [6, 6.07) is 7.60. The van der Waals surface area contributed by atoms with Gasteiger partial charge < -0.3 is 15.0 Å². The SMILES string of the molecule is CC(C(=O)NC(CCO)C1CCCCC1)n1cnc2ccccc21. The van der Waals surface area contributed by atoms with Crippen LogP contribution in [0.25, 0.3) is 11.0 Å². The lowest BCUT2D eigenvalue weighted by Gasteiger charge is -2.31. The normalized spacial score (nSPS) is 18.4. The van der Waals surface area contributed by atoms with Crippen LogP contribution in [-0.4, -0.2) is 33.2 Å². The van der Waals surface area contributed by atoms with Crippen molar-refractivity contribution in [2.24, 2.45) is 5.92 Å². The van der Waals surface area contributed by atoms with E-state index in [2.05, 4.69) is 10.3 Å². The molecular formula is C19H27N3O2. The van der Waals surface area contributed by atoms with E-state index >= 15 is 0 Å². The number of fused-ring (bicyclic) bond motifs is 1. The molecule has 2 aromatic rings. The Hall–Kier alpha value is -1.88. The molecule has 3 rings (SSSR count). The predicted molar refractivity (Wildman–Crippen MR) is 94.7 cm³/mol. The summed E-state index contributed by atoms with van der Waals surface area (Å²) in [6.07, 6.45) is 8.40. The molecule has 1 heterocycles. The van der Waals surface area contributed by atoms with E-state index in [4.69, 9.17) is 0 Å². The van der Waals surface area contributed by atoms with Gasteiger partial charge in [-0.25, -0.2) is 4.98 Å². The molecule has 1 aromatic carbocycles. The summed E-state index contributed by atoms with van der Waals surface area (Å²) < 4.78 is 1.92. The second-order valence-electron chi connectivity index (χ2n) is 6.84. The van der Waals surface area contributed by atoms with E-state index in [0.29, 0.717) is 12.3 Å². The summed E-state index contributed by atoms with van der Waals surface area (Å²) in [5, 5.41) is 12.6. The van der Waals surface area contributed by atoms with Crippen LogP contribution in [0.2, 0.25) is 0 Å². The molecule has 1 aliphatic carbocycles. The summed E-state index contributed by atoms with van der Waals surface area (Å²) in [6.45, 7) is 2.02. The van der Waals surface area contributed by atoms with Crippen molar-refractivity contribution in [2.45, 2.75) is 57.5 Å². The average Bonchev–Trinajstić information content (AvgIpc) is 3.05. The van der Waals surface area contributed by atoms with E-state index in [1.54, 1.807) is 6.33 Å². The number of hydrogen-bond donors (Lipinski definition) is 2. The van der Waals surface area contributed by atoms with Gasteiger partial charge in [0.05, 0.1) is 17.4 Å². The van der Waals surface area contributed by atoms with Gasteiger partial charge >= 0.3 is 0 Å². The van der Waals surface area contributed by atoms with Gasteiger partial charge in [0.1, 0.15) is 6.04 Å². The molecule has 2 unspecified atom stereocenters. The molecule has 130 valence electrons. The minimum absolute atomic E-state index is 0.00202. The van der Waals surface area contributed by atoms with Crippen molar-refractivity contribution in [3.8, 4) is 0 Å². The first-order valence-electron chi connectivity index (χ1n) is 9.03. The number of aliphatic hydroxyl groups excluding tert-OH is 1. The summed E-state index contributed by atoms with van der Waals surface area (Å²) in [5.74, 6) is 0.490. The lowest BCUT2D eigenvalue weighted by molar-refractivity contribution is -0.125. The highest BCUT2D eigenvalue weighted by Gasteiger charge is 2.27. The molecule has 1 aliphatic rings. The Morgan fingerprint density at radius 2 is 2.08 bits per heavy atom. The number of amides is 1. The van der Waals surface area contributed by atoms with Crippen molar-refractivity contribution >= 4 is 16.9 Å². The van der Waals surface area contributed by atoms with Gasteiger partial charge in [0.25, 0.3) is 0 Å². The first-order valence-corrected chi connectivity index (χ1v) is 9.03. The monoisotopic (exact) mass is 329 g/mol. The molecule has 1 amide bonds. The van der Waals surface area contributed by atoms with E-state index in [1.807, 2.05) is 35.8 Å². The zero-order valence-corrected chi connectivity index (χ0v) is 14.3. The third kappa shape index (κ3) is 3.61. The van der Waals surface area contributed by atoms with Crippen molar-refractivity contribution in [3.63, 3.8) is 0 Å². The number of hydrogen-bond acceptors (Lipinski definition) is 3. The standard InChI is InChI=1S/C19H27N3O2/c1-14(22-13-20-17-9-5-6-10-18(17)22)19(24)21-16(11-12-23)15-7-3-2-4-8-15/h5-6,9-10,13-16,23H,2-4,7-8,11-12H2,1H3,(H,21,24). The maximum atomic E-state index is 12.8. The van der Waals surface area contributed by atoms with Crippen LogP contribution in [0.15, 0.2) is 30.6 Å². The number of imidazole rings is 1. The summed E-state index contributed by atoms with van der Waals surface area (Å²) >= 11 is 0. The van der Waals surface area contributed by atoms with E-state index in [-0.39, 0.29) is 24.6 Å². The van der Waals surface area contributed by atoms with Crippen molar-refractivity contribution in [1.29, 1.82) is 0 Å². The Labute approximate surface area is 143 Å². The van der Waals surface area contributed by atoms with Crippen LogP contribution >= 0.6 is 0 Å². The Balaban J connectivity index is 1.71. The minimum atomic E-state index is -0.317.